The van der Waals surface area contributed by atoms with Crippen LogP contribution in [0.1, 0.15) is 116 Å². The third kappa shape index (κ3) is 22.9. The van der Waals surface area contributed by atoms with Crippen molar-refractivity contribution >= 4 is 5.97 Å². The zero-order valence-corrected chi connectivity index (χ0v) is 17.7. The molecule has 0 saturated carbocycles. The molecule has 0 spiro atoms. The smallest absolute Gasteiger partial charge is 0.303 e. The second-order valence-corrected chi connectivity index (χ2v) is 7.69. The van der Waals surface area contributed by atoms with E-state index in [0.717, 1.165) is 38.5 Å². The van der Waals surface area contributed by atoms with Crippen LogP contribution in [0.4, 0.5) is 0 Å². The van der Waals surface area contributed by atoms with Crippen molar-refractivity contribution in [1.82, 2.24) is 0 Å². The van der Waals surface area contributed by atoms with Gasteiger partial charge >= 0.3 is 5.97 Å². The van der Waals surface area contributed by atoms with Crippen molar-refractivity contribution < 1.29 is 15.0 Å². The first-order valence-electron chi connectivity index (χ1n) is 11.3. The Labute approximate surface area is 168 Å². The van der Waals surface area contributed by atoms with Crippen LogP contribution in [-0.2, 0) is 4.79 Å². The van der Waals surface area contributed by atoms with Gasteiger partial charge in [0.25, 0.3) is 0 Å². The van der Waals surface area contributed by atoms with E-state index in [1.165, 1.54) is 64.2 Å². The van der Waals surface area contributed by atoms with E-state index >= 15 is 0 Å². The van der Waals surface area contributed by atoms with E-state index in [-0.39, 0.29) is 6.10 Å². The first kappa shape index (κ1) is 25.9. The van der Waals surface area contributed by atoms with Crippen molar-refractivity contribution in [3.63, 3.8) is 0 Å². The monoisotopic (exact) mass is 380 g/mol. The van der Waals surface area contributed by atoms with Gasteiger partial charge in [-0.25, -0.2) is 0 Å². The molecular formula is C24H44O3. The maximum atomic E-state index is 10.4. The van der Waals surface area contributed by atoms with Gasteiger partial charge in [0.1, 0.15) is 0 Å². The van der Waals surface area contributed by atoms with E-state index in [2.05, 4.69) is 18.2 Å². The Balaban J connectivity index is 3.18. The van der Waals surface area contributed by atoms with Crippen molar-refractivity contribution in [1.29, 1.82) is 0 Å². The van der Waals surface area contributed by atoms with Gasteiger partial charge in [-0.15, -0.1) is 0 Å². The lowest BCUT2D eigenvalue weighted by molar-refractivity contribution is -0.137. The van der Waals surface area contributed by atoms with Crippen LogP contribution in [0, 0.1) is 0 Å². The minimum Gasteiger partial charge on any atom is -0.481 e. The highest BCUT2D eigenvalue weighted by molar-refractivity contribution is 5.66. The molecule has 1 unspecified atom stereocenters. The molecule has 0 aliphatic rings. The van der Waals surface area contributed by atoms with Crippen LogP contribution >= 0.6 is 0 Å². The van der Waals surface area contributed by atoms with E-state index in [9.17, 15) is 9.90 Å². The fourth-order valence-electron chi connectivity index (χ4n) is 3.28. The normalized spacial score (nSPS) is 13.0. The highest BCUT2D eigenvalue weighted by Crippen LogP contribution is 2.14. The summed E-state index contributed by atoms with van der Waals surface area (Å²) in [5, 5.41) is 18.5. The van der Waals surface area contributed by atoms with Crippen LogP contribution in [0.15, 0.2) is 24.3 Å². The zero-order valence-electron chi connectivity index (χ0n) is 17.7. The zero-order chi connectivity index (χ0) is 20.0. The topological polar surface area (TPSA) is 57.5 Å². The van der Waals surface area contributed by atoms with Crippen LogP contribution in [-0.4, -0.2) is 22.3 Å². The number of rotatable bonds is 20. The summed E-state index contributed by atoms with van der Waals surface area (Å²) < 4.78 is 0. The summed E-state index contributed by atoms with van der Waals surface area (Å²) in [5.41, 5.74) is 0. The Morgan fingerprint density at radius 3 is 1.70 bits per heavy atom. The number of hydrogen-bond acceptors (Lipinski definition) is 2. The van der Waals surface area contributed by atoms with Gasteiger partial charge in [-0.05, 0) is 32.6 Å². The van der Waals surface area contributed by atoms with Gasteiger partial charge in [-0.2, -0.15) is 0 Å². The molecule has 0 radical (unpaired) electrons. The molecular weight excluding hydrogens is 336 g/mol. The van der Waals surface area contributed by atoms with Gasteiger partial charge < -0.3 is 10.2 Å². The summed E-state index contributed by atoms with van der Waals surface area (Å²) in [5.74, 6) is -0.668. The Hall–Kier alpha value is -1.09. The summed E-state index contributed by atoms with van der Waals surface area (Å²) in [6.45, 7) is 2.03. The summed E-state index contributed by atoms with van der Waals surface area (Å²) in [4.78, 5) is 10.4. The van der Waals surface area contributed by atoms with Crippen LogP contribution in [0.5, 0.6) is 0 Å². The Bertz CT molecular complexity index is 374. The third-order valence-corrected chi connectivity index (χ3v) is 5.01. The molecule has 0 bridgehead atoms. The average Bonchev–Trinajstić information content (AvgIpc) is 2.64. The molecule has 0 aromatic heterocycles. The van der Waals surface area contributed by atoms with Crippen molar-refractivity contribution in [2.75, 3.05) is 0 Å². The molecule has 0 aromatic carbocycles. The lowest BCUT2D eigenvalue weighted by atomic mass is 10.0. The average molecular weight is 381 g/mol. The van der Waals surface area contributed by atoms with Gasteiger partial charge in [0, 0.05) is 6.42 Å². The predicted molar refractivity (Wildman–Crippen MR) is 116 cm³/mol. The highest BCUT2D eigenvalue weighted by Gasteiger charge is 2.01. The summed E-state index contributed by atoms with van der Waals surface area (Å²) in [6, 6.07) is 0. The summed E-state index contributed by atoms with van der Waals surface area (Å²) in [7, 11) is 0. The quantitative estimate of drug-likeness (QED) is 0.173. The van der Waals surface area contributed by atoms with E-state index in [1.807, 2.05) is 13.0 Å². The van der Waals surface area contributed by atoms with Gasteiger partial charge in [-0.3, -0.25) is 4.79 Å². The molecule has 0 amide bonds. The van der Waals surface area contributed by atoms with Crippen molar-refractivity contribution in [2.24, 2.45) is 0 Å². The number of aliphatic hydroxyl groups excluding tert-OH is 1. The Kier molecular flexibility index (Phi) is 20.4. The molecule has 3 nitrogen and oxygen atoms in total. The first-order valence-corrected chi connectivity index (χ1v) is 11.3. The minimum absolute atomic E-state index is 0.170. The van der Waals surface area contributed by atoms with E-state index < -0.39 is 5.97 Å². The molecule has 1 atom stereocenters. The number of allylic oxidation sites excluding steroid dienone is 3. The van der Waals surface area contributed by atoms with Gasteiger partial charge in [-0.1, -0.05) is 101 Å². The van der Waals surface area contributed by atoms with Crippen LogP contribution in [0.25, 0.3) is 0 Å². The number of unbranched alkanes of at least 4 members (excludes halogenated alkanes) is 12. The molecule has 158 valence electrons. The summed E-state index contributed by atoms with van der Waals surface area (Å²) in [6.07, 6.45) is 27.2. The molecule has 0 saturated heterocycles. The third-order valence-electron chi connectivity index (χ3n) is 5.01. The van der Waals surface area contributed by atoms with Crippen LogP contribution in [0.2, 0.25) is 0 Å². The molecule has 0 fully saturated rings. The second kappa shape index (κ2) is 21.2. The SMILES string of the molecule is CC=CCC=CCC(O)CCCCCCCCCCCCCCCC(=O)O. The van der Waals surface area contributed by atoms with Gasteiger partial charge in [0.2, 0.25) is 0 Å². The molecule has 0 aliphatic carbocycles. The molecule has 0 aromatic rings. The Morgan fingerprint density at radius 2 is 1.22 bits per heavy atom. The van der Waals surface area contributed by atoms with E-state index in [0.29, 0.717) is 6.42 Å². The van der Waals surface area contributed by atoms with Crippen molar-refractivity contribution in [3.8, 4) is 0 Å². The second-order valence-electron chi connectivity index (χ2n) is 7.69. The van der Waals surface area contributed by atoms with Gasteiger partial charge in [0.15, 0.2) is 0 Å². The van der Waals surface area contributed by atoms with Crippen molar-refractivity contribution in [3.05, 3.63) is 24.3 Å². The lowest BCUT2D eigenvalue weighted by Gasteiger charge is -2.07. The number of carboxylic acid groups (broad SMARTS) is 1. The van der Waals surface area contributed by atoms with Gasteiger partial charge in [0.05, 0.1) is 6.10 Å². The Morgan fingerprint density at radius 1 is 0.741 bits per heavy atom. The standard InChI is InChI=1S/C24H44O3/c1-2-3-4-14-17-20-23(25)21-18-15-12-10-8-6-5-7-9-11-13-16-19-22-24(26)27/h2-3,14,17,23,25H,4-13,15-16,18-22H2,1H3,(H,26,27). The number of carbonyl (C=O) groups is 1. The van der Waals surface area contributed by atoms with Crippen molar-refractivity contribution in [2.45, 2.75) is 122 Å². The number of aliphatic carboxylic acids is 1. The number of carboxylic acids is 1. The fraction of sp³-hybridized carbons (Fsp3) is 0.792. The summed E-state index contributed by atoms with van der Waals surface area (Å²) >= 11 is 0. The molecule has 27 heavy (non-hydrogen) atoms. The maximum Gasteiger partial charge on any atom is 0.303 e. The molecule has 0 rings (SSSR count). The van der Waals surface area contributed by atoms with Crippen LogP contribution < -0.4 is 0 Å². The highest BCUT2D eigenvalue weighted by atomic mass is 16.4. The molecule has 3 heteroatoms. The number of hydrogen-bond donors (Lipinski definition) is 2. The van der Waals surface area contributed by atoms with E-state index in [1.54, 1.807) is 0 Å². The fourth-order valence-corrected chi connectivity index (χ4v) is 3.28. The molecule has 0 heterocycles. The first-order chi connectivity index (χ1) is 13.2. The maximum absolute atomic E-state index is 10.4. The van der Waals surface area contributed by atoms with E-state index in [4.69, 9.17) is 5.11 Å². The van der Waals surface area contributed by atoms with Crippen LogP contribution in [0.3, 0.4) is 0 Å². The number of aliphatic hydroxyl groups is 1. The predicted octanol–water partition coefficient (Wildman–Crippen LogP) is 7.20. The molecule has 2 N–H and O–H groups in total. The molecule has 0 aliphatic heterocycles. The minimum atomic E-state index is -0.668. The lowest BCUT2D eigenvalue weighted by Crippen LogP contribution is -2.04. The largest absolute Gasteiger partial charge is 0.481 e.